The van der Waals surface area contributed by atoms with E-state index in [1.807, 2.05) is 40.8 Å². The quantitative estimate of drug-likeness (QED) is 0.783. The van der Waals surface area contributed by atoms with E-state index in [1.165, 1.54) is 0 Å². The summed E-state index contributed by atoms with van der Waals surface area (Å²) in [6, 6.07) is 7.97. The predicted octanol–water partition coefficient (Wildman–Crippen LogP) is 2.46. The van der Waals surface area contributed by atoms with E-state index >= 15 is 0 Å². The molecule has 2 aromatic rings. The molecule has 0 N–H and O–H groups in total. The van der Waals surface area contributed by atoms with Crippen LogP contribution in [0.3, 0.4) is 0 Å². The fraction of sp³-hybridized carbons (Fsp3) is 0.375. The number of fused-ring (bicyclic) bond motifs is 1. The second-order valence-corrected chi connectivity index (χ2v) is 5.29. The molecule has 0 bridgehead atoms. The Balaban J connectivity index is 1.86. The first-order valence-corrected chi connectivity index (χ1v) is 7.06. The Kier molecular flexibility index (Phi) is 3.30. The number of nitrogens with zero attached hydrogens (tertiary/aromatic N) is 2. The number of carbonyl (C=O) groups is 2. The monoisotopic (exact) mass is 270 g/mol. The molecule has 0 atom stereocenters. The van der Waals surface area contributed by atoms with Crippen LogP contribution in [0.2, 0.25) is 0 Å². The molecule has 0 spiro atoms. The first-order chi connectivity index (χ1) is 9.72. The maximum atomic E-state index is 12.4. The summed E-state index contributed by atoms with van der Waals surface area (Å²) in [7, 11) is 0. The van der Waals surface area contributed by atoms with Gasteiger partial charge in [-0.25, -0.2) is 0 Å². The van der Waals surface area contributed by atoms with Gasteiger partial charge in [0.1, 0.15) is 12.8 Å². The molecule has 0 aliphatic heterocycles. The van der Waals surface area contributed by atoms with Crippen LogP contribution in [0.5, 0.6) is 0 Å². The van der Waals surface area contributed by atoms with E-state index in [4.69, 9.17) is 0 Å². The van der Waals surface area contributed by atoms with Crippen molar-refractivity contribution in [2.45, 2.75) is 32.4 Å². The van der Waals surface area contributed by atoms with Gasteiger partial charge in [0.25, 0.3) is 0 Å². The van der Waals surface area contributed by atoms with Gasteiger partial charge in [-0.15, -0.1) is 0 Å². The maximum absolute atomic E-state index is 12.4. The number of benzene rings is 1. The van der Waals surface area contributed by atoms with Gasteiger partial charge in [0.15, 0.2) is 0 Å². The minimum atomic E-state index is 0.156. The lowest BCUT2D eigenvalue weighted by Gasteiger charge is -2.20. The van der Waals surface area contributed by atoms with Gasteiger partial charge in [-0.05, 0) is 37.3 Å². The number of aromatic nitrogens is 1. The van der Waals surface area contributed by atoms with Crippen molar-refractivity contribution in [3.63, 3.8) is 0 Å². The normalized spacial score (nSPS) is 14.4. The van der Waals surface area contributed by atoms with Crippen LogP contribution in [0.1, 0.15) is 30.1 Å². The molecule has 0 saturated heterocycles. The topological polar surface area (TPSA) is 42.3 Å². The Bertz CT molecular complexity index is 656. The summed E-state index contributed by atoms with van der Waals surface area (Å²) >= 11 is 0. The maximum Gasteiger partial charge on any atom is 0.242 e. The third kappa shape index (κ3) is 2.33. The lowest BCUT2D eigenvalue weighted by molar-refractivity contribution is -0.132. The molecule has 4 nitrogen and oxygen atoms in total. The fourth-order valence-electron chi connectivity index (χ4n) is 2.67. The van der Waals surface area contributed by atoms with Crippen molar-refractivity contribution < 1.29 is 9.59 Å². The zero-order valence-electron chi connectivity index (χ0n) is 11.6. The molecule has 0 radical (unpaired) electrons. The highest BCUT2D eigenvalue weighted by molar-refractivity contribution is 5.88. The molecular weight excluding hydrogens is 252 g/mol. The minimum Gasteiger partial charge on any atom is -0.338 e. The molecule has 1 fully saturated rings. The van der Waals surface area contributed by atoms with Gasteiger partial charge in [-0.2, -0.15) is 0 Å². The highest BCUT2D eigenvalue weighted by atomic mass is 16.2. The van der Waals surface area contributed by atoms with Crippen molar-refractivity contribution >= 4 is 23.1 Å². The van der Waals surface area contributed by atoms with Crippen LogP contribution >= 0.6 is 0 Å². The number of hydrogen-bond donors (Lipinski definition) is 0. The number of carbonyl (C=O) groups excluding carboxylic acids is 2. The van der Waals surface area contributed by atoms with Crippen LogP contribution in [0.15, 0.2) is 30.5 Å². The van der Waals surface area contributed by atoms with Crippen LogP contribution in [0.25, 0.3) is 10.9 Å². The third-order valence-corrected chi connectivity index (χ3v) is 3.89. The summed E-state index contributed by atoms with van der Waals surface area (Å²) < 4.78 is 1.93. The highest BCUT2D eigenvalue weighted by Crippen LogP contribution is 2.27. The number of hydrogen-bond acceptors (Lipinski definition) is 2. The standard InChI is InChI=1S/C16H18N2O2/c1-2-18(14-5-6-14)16(20)10-17-8-7-13-4-3-12(11-19)9-15(13)17/h3-4,7-9,11,14H,2,5-6,10H2,1H3. The lowest BCUT2D eigenvalue weighted by Crippen LogP contribution is -2.35. The summed E-state index contributed by atoms with van der Waals surface area (Å²) in [5, 5.41) is 1.05. The zero-order chi connectivity index (χ0) is 14.1. The average molecular weight is 270 g/mol. The molecule has 104 valence electrons. The van der Waals surface area contributed by atoms with Crippen LogP contribution in [-0.2, 0) is 11.3 Å². The Morgan fingerprint density at radius 2 is 2.20 bits per heavy atom. The van der Waals surface area contributed by atoms with E-state index in [0.29, 0.717) is 18.2 Å². The van der Waals surface area contributed by atoms with E-state index < -0.39 is 0 Å². The van der Waals surface area contributed by atoms with Gasteiger partial charge in [-0.1, -0.05) is 12.1 Å². The van der Waals surface area contributed by atoms with Gasteiger partial charge in [0, 0.05) is 29.9 Å². The van der Waals surface area contributed by atoms with Crippen molar-refractivity contribution in [3.05, 3.63) is 36.0 Å². The number of aldehydes is 1. The van der Waals surface area contributed by atoms with E-state index in [0.717, 1.165) is 36.6 Å². The molecule has 1 aromatic carbocycles. The molecule has 1 aliphatic rings. The fourth-order valence-corrected chi connectivity index (χ4v) is 2.67. The Labute approximate surface area is 118 Å². The van der Waals surface area contributed by atoms with E-state index in [1.54, 1.807) is 6.07 Å². The van der Waals surface area contributed by atoms with Crippen molar-refractivity contribution in [2.75, 3.05) is 6.54 Å². The van der Waals surface area contributed by atoms with Gasteiger partial charge < -0.3 is 9.47 Å². The van der Waals surface area contributed by atoms with E-state index in [-0.39, 0.29) is 5.91 Å². The van der Waals surface area contributed by atoms with Crippen LogP contribution in [0.4, 0.5) is 0 Å². The van der Waals surface area contributed by atoms with E-state index in [9.17, 15) is 9.59 Å². The molecule has 0 unspecified atom stereocenters. The molecule has 1 aliphatic carbocycles. The summed E-state index contributed by atoms with van der Waals surface area (Å²) in [6.07, 6.45) is 5.00. The van der Waals surface area contributed by atoms with Crippen molar-refractivity contribution in [3.8, 4) is 0 Å². The third-order valence-electron chi connectivity index (χ3n) is 3.89. The van der Waals surface area contributed by atoms with Gasteiger partial charge in [-0.3, -0.25) is 9.59 Å². The molecule has 1 aromatic heterocycles. The Morgan fingerprint density at radius 3 is 2.85 bits per heavy atom. The first kappa shape index (κ1) is 12.9. The second kappa shape index (κ2) is 5.12. The highest BCUT2D eigenvalue weighted by Gasteiger charge is 2.31. The molecular formula is C16H18N2O2. The van der Waals surface area contributed by atoms with Gasteiger partial charge in [0.05, 0.1) is 0 Å². The van der Waals surface area contributed by atoms with Crippen LogP contribution in [-0.4, -0.2) is 34.2 Å². The Hall–Kier alpha value is -2.10. The van der Waals surface area contributed by atoms with Crippen LogP contribution in [0, 0.1) is 0 Å². The van der Waals surface area contributed by atoms with Crippen LogP contribution < -0.4 is 0 Å². The first-order valence-electron chi connectivity index (χ1n) is 7.06. The van der Waals surface area contributed by atoms with Crippen molar-refractivity contribution in [2.24, 2.45) is 0 Å². The van der Waals surface area contributed by atoms with Crippen molar-refractivity contribution in [1.29, 1.82) is 0 Å². The van der Waals surface area contributed by atoms with E-state index in [2.05, 4.69) is 0 Å². The molecule has 1 heterocycles. The van der Waals surface area contributed by atoms with Crippen molar-refractivity contribution in [1.82, 2.24) is 9.47 Å². The summed E-state index contributed by atoms with van der Waals surface area (Å²) in [5.74, 6) is 0.156. The number of likely N-dealkylation sites (N-methyl/N-ethyl adjacent to an activating group) is 1. The molecule has 20 heavy (non-hydrogen) atoms. The summed E-state index contributed by atoms with van der Waals surface area (Å²) in [5.41, 5.74) is 1.58. The average Bonchev–Trinajstić information content (AvgIpc) is 3.22. The molecule has 1 saturated carbocycles. The van der Waals surface area contributed by atoms with Gasteiger partial charge >= 0.3 is 0 Å². The summed E-state index contributed by atoms with van der Waals surface area (Å²) in [4.78, 5) is 25.2. The van der Waals surface area contributed by atoms with Gasteiger partial charge in [0.2, 0.25) is 5.91 Å². The minimum absolute atomic E-state index is 0.156. The second-order valence-electron chi connectivity index (χ2n) is 5.29. The molecule has 1 amide bonds. The SMILES string of the molecule is CCN(C(=O)Cn1ccc2ccc(C=O)cc21)C1CC1. The zero-order valence-corrected chi connectivity index (χ0v) is 11.6. The summed E-state index contributed by atoms with van der Waals surface area (Å²) in [6.45, 7) is 3.13. The smallest absolute Gasteiger partial charge is 0.242 e. The number of rotatable bonds is 5. The predicted molar refractivity (Wildman–Crippen MR) is 77.7 cm³/mol. The molecule has 4 heteroatoms. The largest absolute Gasteiger partial charge is 0.338 e. The number of amides is 1. The molecule has 3 rings (SSSR count). The Morgan fingerprint density at radius 1 is 1.40 bits per heavy atom. The lowest BCUT2D eigenvalue weighted by atomic mass is 10.2.